The van der Waals surface area contributed by atoms with Crippen molar-refractivity contribution in [3.63, 3.8) is 0 Å². The van der Waals surface area contributed by atoms with Crippen molar-refractivity contribution in [2.45, 2.75) is 43.9 Å². The Balaban J connectivity index is 1.52. The summed E-state index contributed by atoms with van der Waals surface area (Å²) in [5.74, 6) is -2.66. The Morgan fingerprint density at radius 3 is 2.70 bits per heavy atom. The first-order chi connectivity index (χ1) is 15.6. The van der Waals surface area contributed by atoms with E-state index in [1.807, 2.05) is 6.07 Å². The Bertz CT molecular complexity index is 1280. The predicted molar refractivity (Wildman–Crippen MR) is 110 cm³/mol. The van der Waals surface area contributed by atoms with E-state index < -0.39 is 29.0 Å². The van der Waals surface area contributed by atoms with Crippen molar-refractivity contribution in [2.75, 3.05) is 24.6 Å². The molecule has 1 amide bonds. The molecule has 0 unspecified atom stereocenters. The molecule has 2 atom stereocenters. The molecule has 1 saturated carbocycles. The van der Waals surface area contributed by atoms with E-state index in [0.717, 1.165) is 0 Å². The topological polar surface area (TPSA) is 87.4 Å². The molecule has 5 rings (SSSR count). The number of aromatic nitrogens is 1. The lowest BCUT2D eigenvalue weighted by Gasteiger charge is -2.31. The number of ether oxygens (including phenoxy) is 1. The minimum Gasteiger partial charge on any atom is -0.487 e. The fraction of sp³-hybridized carbons (Fsp3) is 0.500. The number of nitrogens with one attached hydrogen (secondary N) is 1. The number of amides is 1. The molecule has 1 saturated heterocycles. The van der Waals surface area contributed by atoms with Crippen molar-refractivity contribution in [3.8, 4) is 11.8 Å². The molecule has 0 bridgehead atoms. The van der Waals surface area contributed by atoms with Crippen molar-refractivity contribution in [3.05, 3.63) is 33.9 Å². The van der Waals surface area contributed by atoms with E-state index in [1.54, 1.807) is 11.8 Å². The molecule has 1 aromatic carbocycles. The fourth-order valence-corrected chi connectivity index (χ4v) is 5.12. The minimum atomic E-state index is -4.96. The Kier molecular flexibility index (Phi) is 4.64. The number of carbonyl (C=O) groups excluding carboxylic acids is 1. The van der Waals surface area contributed by atoms with E-state index in [2.05, 4.69) is 5.32 Å². The number of rotatable bonds is 3. The third kappa shape index (κ3) is 3.31. The van der Waals surface area contributed by atoms with Gasteiger partial charge in [-0.05, 0) is 38.3 Å². The maximum atomic E-state index is 15.3. The van der Waals surface area contributed by atoms with Gasteiger partial charge in [0.1, 0.15) is 23.9 Å². The van der Waals surface area contributed by atoms with Gasteiger partial charge in [0.05, 0.1) is 11.6 Å². The number of carbonyl (C=O) groups is 1. The van der Waals surface area contributed by atoms with Gasteiger partial charge in [0.15, 0.2) is 11.6 Å². The minimum absolute atomic E-state index is 0.0910. The highest BCUT2D eigenvalue weighted by atomic mass is 19.4. The lowest BCUT2D eigenvalue weighted by molar-refractivity contribution is -0.175. The summed E-state index contributed by atoms with van der Waals surface area (Å²) in [6.45, 7) is 2.48. The Hall–Kier alpha value is -3.29. The standard InChI is InChI=1S/C22H20F4N4O3/c1-11-10-33-18-16-12(6-13(8-27)19(31)30(11)16)7-15(23)17(18)29-5-2-14(9-29)21(3-4-21)28-20(32)22(24,25)26/h6-7,11,14H,2-5,9-10H2,1H3,(H,28,32)/t11-,14+/m0/s1. The van der Waals surface area contributed by atoms with Crippen molar-refractivity contribution in [1.29, 1.82) is 5.26 Å². The Morgan fingerprint density at radius 1 is 1.33 bits per heavy atom. The molecule has 3 aliphatic rings. The first-order valence-corrected chi connectivity index (χ1v) is 10.6. The number of benzene rings is 1. The van der Waals surface area contributed by atoms with Gasteiger partial charge < -0.3 is 15.0 Å². The maximum absolute atomic E-state index is 15.3. The van der Waals surface area contributed by atoms with E-state index in [1.165, 1.54) is 16.7 Å². The molecule has 1 aromatic heterocycles. The van der Waals surface area contributed by atoms with Crippen molar-refractivity contribution in [2.24, 2.45) is 5.92 Å². The smallest absolute Gasteiger partial charge is 0.471 e. The van der Waals surface area contributed by atoms with Crippen molar-refractivity contribution >= 4 is 22.5 Å². The Morgan fingerprint density at radius 2 is 2.06 bits per heavy atom. The molecule has 7 nitrogen and oxygen atoms in total. The van der Waals surface area contributed by atoms with Crippen LogP contribution in [0.15, 0.2) is 16.9 Å². The molecule has 1 N–H and O–H groups in total. The molecule has 11 heteroatoms. The van der Waals surface area contributed by atoms with Crippen LogP contribution in [0.1, 0.15) is 37.8 Å². The van der Waals surface area contributed by atoms with E-state index in [-0.39, 0.29) is 42.1 Å². The van der Waals surface area contributed by atoms with Crippen molar-refractivity contribution < 1.29 is 27.1 Å². The van der Waals surface area contributed by atoms with Gasteiger partial charge in [-0.25, -0.2) is 4.39 Å². The second-order valence-corrected chi connectivity index (χ2v) is 9.02. The van der Waals surface area contributed by atoms with Gasteiger partial charge in [-0.3, -0.25) is 14.2 Å². The van der Waals surface area contributed by atoms with E-state index in [9.17, 15) is 28.0 Å². The second kappa shape index (κ2) is 7.10. The summed E-state index contributed by atoms with van der Waals surface area (Å²) >= 11 is 0. The van der Waals surface area contributed by atoms with Gasteiger partial charge in [-0.1, -0.05) is 0 Å². The van der Waals surface area contributed by atoms with E-state index >= 15 is 4.39 Å². The fourth-order valence-electron chi connectivity index (χ4n) is 5.12. The largest absolute Gasteiger partial charge is 0.487 e. The molecule has 33 heavy (non-hydrogen) atoms. The zero-order chi connectivity index (χ0) is 23.7. The molecular formula is C22H20F4N4O3. The van der Waals surface area contributed by atoms with Gasteiger partial charge in [0.2, 0.25) is 0 Å². The summed E-state index contributed by atoms with van der Waals surface area (Å²) in [6.07, 6.45) is -3.61. The van der Waals surface area contributed by atoms with Crippen LogP contribution in [0, 0.1) is 23.1 Å². The van der Waals surface area contributed by atoms with Gasteiger partial charge in [-0.15, -0.1) is 0 Å². The number of pyridine rings is 1. The van der Waals surface area contributed by atoms with Crippen LogP contribution in [0.4, 0.5) is 23.2 Å². The molecular weight excluding hydrogens is 444 g/mol. The van der Waals surface area contributed by atoms with Crippen LogP contribution in [0.25, 0.3) is 10.9 Å². The zero-order valence-electron chi connectivity index (χ0n) is 17.6. The summed E-state index contributed by atoms with van der Waals surface area (Å²) < 4.78 is 60.9. The van der Waals surface area contributed by atoms with Crippen LogP contribution >= 0.6 is 0 Å². The number of nitrogens with zero attached hydrogens (tertiary/aromatic N) is 3. The molecule has 0 spiro atoms. The number of nitriles is 1. The summed E-state index contributed by atoms with van der Waals surface area (Å²) in [5, 5.41) is 11.8. The third-order valence-electron chi connectivity index (χ3n) is 6.93. The maximum Gasteiger partial charge on any atom is 0.471 e. The summed E-state index contributed by atoms with van der Waals surface area (Å²) in [6, 6.07) is 4.07. The molecule has 3 heterocycles. The first kappa shape index (κ1) is 21.6. The molecule has 2 fully saturated rings. The second-order valence-electron chi connectivity index (χ2n) is 9.02. The lowest BCUT2D eigenvalue weighted by atomic mass is 9.96. The van der Waals surface area contributed by atoms with Crippen LogP contribution in [0.2, 0.25) is 0 Å². The average molecular weight is 464 g/mol. The van der Waals surface area contributed by atoms with Crippen LogP contribution in [-0.4, -0.2) is 41.9 Å². The molecule has 174 valence electrons. The summed E-state index contributed by atoms with van der Waals surface area (Å²) in [7, 11) is 0. The van der Waals surface area contributed by atoms with Gasteiger partial charge in [0, 0.05) is 29.9 Å². The number of hydrogen-bond donors (Lipinski definition) is 1. The molecule has 2 aliphatic heterocycles. The monoisotopic (exact) mass is 464 g/mol. The van der Waals surface area contributed by atoms with Gasteiger partial charge in [0.25, 0.3) is 5.56 Å². The van der Waals surface area contributed by atoms with Crippen LogP contribution < -0.4 is 20.5 Å². The SMILES string of the molecule is C[C@H]1COc2c(N3CC[C@@H](C4(NC(=O)C(F)(F)F)CC4)C3)c(F)cc3cc(C#N)c(=O)n1c23. The summed E-state index contributed by atoms with van der Waals surface area (Å²) in [4.78, 5) is 26.0. The highest BCUT2D eigenvalue weighted by Gasteiger charge is 2.55. The first-order valence-electron chi connectivity index (χ1n) is 10.6. The quantitative estimate of drug-likeness (QED) is 0.706. The van der Waals surface area contributed by atoms with Crippen LogP contribution in [-0.2, 0) is 4.79 Å². The molecule has 0 radical (unpaired) electrons. The van der Waals surface area contributed by atoms with Gasteiger partial charge in [-0.2, -0.15) is 18.4 Å². The van der Waals surface area contributed by atoms with Crippen molar-refractivity contribution in [1.82, 2.24) is 9.88 Å². The summed E-state index contributed by atoms with van der Waals surface area (Å²) in [5.41, 5.74) is -0.973. The third-order valence-corrected chi connectivity index (χ3v) is 6.93. The lowest BCUT2D eigenvalue weighted by Crippen LogP contribution is -2.49. The van der Waals surface area contributed by atoms with Crippen LogP contribution in [0.5, 0.6) is 5.75 Å². The number of halogens is 4. The normalized spacial score (nSPS) is 23.2. The zero-order valence-corrected chi connectivity index (χ0v) is 17.6. The number of alkyl halides is 3. The molecule has 2 aromatic rings. The van der Waals surface area contributed by atoms with Crippen LogP contribution in [0.3, 0.4) is 0 Å². The molecule has 1 aliphatic carbocycles. The van der Waals surface area contributed by atoms with Gasteiger partial charge >= 0.3 is 12.1 Å². The highest BCUT2D eigenvalue weighted by Crippen LogP contribution is 2.49. The van der Waals surface area contributed by atoms with E-state index in [0.29, 0.717) is 36.7 Å². The Labute approximate surface area is 185 Å². The number of hydrogen-bond acceptors (Lipinski definition) is 5. The predicted octanol–water partition coefficient (Wildman–Crippen LogP) is 3.00. The average Bonchev–Trinajstić information content (AvgIpc) is 3.36. The van der Waals surface area contributed by atoms with E-state index in [4.69, 9.17) is 4.74 Å². The highest BCUT2D eigenvalue weighted by molar-refractivity contribution is 5.92. The number of anilines is 1.